The van der Waals surface area contributed by atoms with Gasteiger partial charge in [0.05, 0.1) is 5.69 Å². The summed E-state index contributed by atoms with van der Waals surface area (Å²) in [5.74, 6) is 0.485. The molecule has 3 N–H and O–H groups in total. The number of carbonyl (C=O) groups excluding carboxylic acids is 1. The van der Waals surface area contributed by atoms with Gasteiger partial charge in [0.15, 0.2) is 0 Å². The zero-order chi connectivity index (χ0) is 15.8. The van der Waals surface area contributed by atoms with E-state index in [9.17, 15) is 4.79 Å². The van der Waals surface area contributed by atoms with Gasteiger partial charge in [-0.3, -0.25) is 4.79 Å². The minimum atomic E-state index is -0.0472. The quantitative estimate of drug-likeness (QED) is 0.644. The molecule has 4 nitrogen and oxygen atoms in total. The molecule has 120 valence electrons. The third kappa shape index (κ3) is 4.79. The summed E-state index contributed by atoms with van der Waals surface area (Å²) in [6, 6.07) is 5.44. The molecule has 0 saturated heterocycles. The second-order valence-electron chi connectivity index (χ2n) is 5.87. The molecule has 0 unspecified atom stereocenters. The number of amides is 1. The Kier molecular flexibility index (Phi) is 6.31. The summed E-state index contributed by atoms with van der Waals surface area (Å²) in [6.07, 6.45) is 10.0. The van der Waals surface area contributed by atoms with Crippen LogP contribution < -0.4 is 15.8 Å². The van der Waals surface area contributed by atoms with Gasteiger partial charge in [-0.1, -0.05) is 44.8 Å². The first kappa shape index (κ1) is 16.4. The zero-order valence-electron chi connectivity index (χ0n) is 13.1. The first-order valence-electron chi connectivity index (χ1n) is 8.15. The van der Waals surface area contributed by atoms with Crippen LogP contribution in [-0.4, -0.2) is 18.6 Å². The van der Waals surface area contributed by atoms with E-state index < -0.39 is 0 Å². The van der Waals surface area contributed by atoms with Crippen molar-refractivity contribution >= 4 is 11.6 Å². The number of carbonyl (C=O) groups is 1. The van der Waals surface area contributed by atoms with Gasteiger partial charge < -0.3 is 15.8 Å². The van der Waals surface area contributed by atoms with Crippen LogP contribution in [0, 0.1) is 0 Å². The molecule has 4 heteroatoms. The van der Waals surface area contributed by atoms with Crippen LogP contribution in [0.25, 0.3) is 0 Å². The summed E-state index contributed by atoms with van der Waals surface area (Å²) in [6.45, 7) is 3.98. The molecule has 0 bridgehead atoms. The fourth-order valence-electron chi connectivity index (χ4n) is 2.82. The van der Waals surface area contributed by atoms with Crippen molar-refractivity contribution in [2.24, 2.45) is 0 Å². The summed E-state index contributed by atoms with van der Waals surface area (Å²) >= 11 is 0. The molecule has 1 aliphatic carbocycles. The maximum Gasteiger partial charge on any atom is 0.251 e. The number of hydrogen-bond acceptors (Lipinski definition) is 3. The number of ether oxygens (including phenoxy) is 1. The summed E-state index contributed by atoms with van der Waals surface area (Å²) in [7, 11) is 0. The lowest BCUT2D eigenvalue weighted by Crippen LogP contribution is -2.35. The third-order valence-electron chi connectivity index (χ3n) is 4.07. The lowest BCUT2D eigenvalue weighted by Gasteiger charge is -2.21. The van der Waals surface area contributed by atoms with Crippen molar-refractivity contribution in [1.82, 2.24) is 5.32 Å². The summed E-state index contributed by atoms with van der Waals surface area (Å²) in [4.78, 5) is 12.4. The number of nitrogens with one attached hydrogen (secondary N) is 1. The maximum absolute atomic E-state index is 12.4. The number of anilines is 1. The minimum absolute atomic E-state index is 0.0472. The number of hydrogen-bond donors (Lipinski definition) is 2. The standard InChI is InChI=1S/C18H26N2O2/c1-2-12-22-17-13-14(10-11-16(17)19)18(21)20-15-8-6-4-3-5-7-9-15/h2,10-11,13,15H,1,3-9,12,19H2,(H,20,21). The number of rotatable bonds is 5. The summed E-state index contributed by atoms with van der Waals surface area (Å²) in [5.41, 5.74) is 6.99. The highest BCUT2D eigenvalue weighted by molar-refractivity contribution is 5.95. The molecule has 1 aromatic rings. The molecule has 1 amide bonds. The molecular formula is C18H26N2O2. The van der Waals surface area contributed by atoms with E-state index in [0.717, 1.165) is 12.8 Å². The number of nitrogens with two attached hydrogens (primary N) is 1. The van der Waals surface area contributed by atoms with Gasteiger partial charge >= 0.3 is 0 Å². The first-order valence-corrected chi connectivity index (χ1v) is 8.15. The predicted molar refractivity (Wildman–Crippen MR) is 90.1 cm³/mol. The largest absolute Gasteiger partial charge is 0.487 e. The number of benzene rings is 1. The second kappa shape index (κ2) is 8.47. The molecular weight excluding hydrogens is 276 g/mol. The van der Waals surface area contributed by atoms with Crippen molar-refractivity contribution in [2.75, 3.05) is 12.3 Å². The van der Waals surface area contributed by atoms with Gasteiger partial charge in [-0.15, -0.1) is 0 Å². The topological polar surface area (TPSA) is 64.3 Å². The molecule has 22 heavy (non-hydrogen) atoms. The van der Waals surface area contributed by atoms with E-state index in [0.29, 0.717) is 23.6 Å². The normalized spacial score (nSPS) is 16.4. The highest BCUT2D eigenvalue weighted by Crippen LogP contribution is 2.23. The molecule has 1 saturated carbocycles. The first-order chi connectivity index (χ1) is 10.7. The van der Waals surface area contributed by atoms with Gasteiger partial charge in [0.1, 0.15) is 12.4 Å². The Labute approximate surface area is 132 Å². The van der Waals surface area contributed by atoms with Crippen LogP contribution in [0.15, 0.2) is 30.9 Å². The Morgan fingerprint density at radius 2 is 1.95 bits per heavy atom. The Hall–Kier alpha value is -1.97. The lowest BCUT2D eigenvalue weighted by atomic mass is 9.96. The smallest absolute Gasteiger partial charge is 0.251 e. The molecule has 2 rings (SSSR count). The molecule has 1 fully saturated rings. The summed E-state index contributed by atoms with van der Waals surface area (Å²) < 4.78 is 5.48. The lowest BCUT2D eigenvalue weighted by molar-refractivity contribution is 0.0930. The minimum Gasteiger partial charge on any atom is -0.487 e. The predicted octanol–water partition coefficient (Wildman–Crippen LogP) is 3.68. The van der Waals surface area contributed by atoms with Crippen LogP contribution in [0.5, 0.6) is 5.75 Å². The average molecular weight is 302 g/mol. The van der Waals surface area contributed by atoms with Crippen LogP contribution in [-0.2, 0) is 0 Å². The maximum atomic E-state index is 12.4. The van der Waals surface area contributed by atoms with E-state index in [1.807, 2.05) is 0 Å². The van der Waals surface area contributed by atoms with Crippen LogP contribution in [0.1, 0.15) is 55.3 Å². The Balaban J connectivity index is 2.00. The van der Waals surface area contributed by atoms with Gasteiger partial charge in [-0.2, -0.15) is 0 Å². The van der Waals surface area contributed by atoms with E-state index in [1.54, 1.807) is 24.3 Å². The number of nitrogen functional groups attached to an aromatic ring is 1. The van der Waals surface area contributed by atoms with Crippen LogP contribution in [0.4, 0.5) is 5.69 Å². The molecule has 1 aliphatic rings. The fourth-order valence-corrected chi connectivity index (χ4v) is 2.82. The molecule has 0 aliphatic heterocycles. The molecule has 0 aromatic heterocycles. The molecule has 1 aromatic carbocycles. The van der Waals surface area contributed by atoms with E-state index in [-0.39, 0.29) is 11.9 Å². The van der Waals surface area contributed by atoms with Gasteiger partial charge in [0, 0.05) is 11.6 Å². The SMILES string of the molecule is C=CCOc1cc(C(=O)NC2CCCCCCC2)ccc1N. The van der Waals surface area contributed by atoms with Crippen molar-refractivity contribution < 1.29 is 9.53 Å². The second-order valence-corrected chi connectivity index (χ2v) is 5.87. The fraction of sp³-hybridized carbons (Fsp3) is 0.500. The van der Waals surface area contributed by atoms with Crippen molar-refractivity contribution in [3.8, 4) is 5.75 Å². The van der Waals surface area contributed by atoms with Crippen molar-refractivity contribution in [1.29, 1.82) is 0 Å². The van der Waals surface area contributed by atoms with Gasteiger partial charge in [-0.05, 0) is 31.0 Å². The Morgan fingerprint density at radius 3 is 2.64 bits per heavy atom. The van der Waals surface area contributed by atoms with Crippen molar-refractivity contribution in [3.05, 3.63) is 36.4 Å². The highest BCUT2D eigenvalue weighted by Gasteiger charge is 2.16. The Morgan fingerprint density at radius 1 is 1.27 bits per heavy atom. The van der Waals surface area contributed by atoms with Gasteiger partial charge in [0.2, 0.25) is 0 Å². The van der Waals surface area contributed by atoms with Crippen molar-refractivity contribution in [3.63, 3.8) is 0 Å². The molecule has 0 atom stereocenters. The zero-order valence-corrected chi connectivity index (χ0v) is 13.1. The Bertz CT molecular complexity index is 506. The van der Waals surface area contributed by atoms with Crippen LogP contribution in [0.3, 0.4) is 0 Å². The van der Waals surface area contributed by atoms with Crippen LogP contribution in [0.2, 0.25) is 0 Å². The molecule has 0 spiro atoms. The summed E-state index contributed by atoms with van der Waals surface area (Å²) in [5, 5.41) is 3.15. The van der Waals surface area contributed by atoms with E-state index in [1.165, 1.54) is 32.1 Å². The van der Waals surface area contributed by atoms with Gasteiger partial charge in [-0.25, -0.2) is 0 Å². The van der Waals surface area contributed by atoms with Crippen molar-refractivity contribution in [2.45, 2.75) is 51.0 Å². The van der Waals surface area contributed by atoms with E-state index in [4.69, 9.17) is 10.5 Å². The molecule has 0 radical (unpaired) electrons. The van der Waals surface area contributed by atoms with Gasteiger partial charge in [0.25, 0.3) is 5.91 Å². The highest BCUT2D eigenvalue weighted by atomic mass is 16.5. The van der Waals surface area contributed by atoms with E-state index in [2.05, 4.69) is 11.9 Å². The van der Waals surface area contributed by atoms with Crippen LogP contribution >= 0.6 is 0 Å². The third-order valence-corrected chi connectivity index (χ3v) is 4.07. The monoisotopic (exact) mass is 302 g/mol. The average Bonchev–Trinajstić information content (AvgIpc) is 2.49. The molecule has 0 heterocycles. The van der Waals surface area contributed by atoms with E-state index >= 15 is 0 Å².